The molecule has 24 heavy (non-hydrogen) atoms. The first-order chi connectivity index (χ1) is 11.5. The fourth-order valence-corrected chi connectivity index (χ4v) is 3.18. The molecule has 1 unspecified atom stereocenters. The van der Waals surface area contributed by atoms with E-state index in [1.165, 1.54) is 17.0 Å². The lowest BCUT2D eigenvalue weighted by molar-refractivity contribution is 0.200. The van der Waals surface area contributed by atoms with E-state index >= 15 is 0 Å². The molecule has 0 bridgehead atoms. The molecule has 1 aliphatic rings. The van der Waals surface area contributed by atoms with E-state index in [4.69, 9.17) is 0 Å². The average molecular weight is 328 g/mol. The summed E-state index contributed by atoms with van der Waals surface area (Å²) in [6, 6.07) is 11.9. The van der Waals surface area contributed by atoms with Gasteiger partial charge in [0, 0.05) is 12.1 Å². The van der Waals surface area contributed by atoms with Crippen LogP contribution in [0.5, 0.6) is 0 Å². The van der Waals surface area contributed by atoms with E-state index in [0.29, 0.717) is 23.7 Å². The minimum atomic E-state index is -0.983. The van der Waals surface area contributed by atoms with Crippen molar-refractivity contribution >= 4 is 11.8 Å². The minimum absolute atomic E-state index is 0.294. The Hall–Kier alpha value is -2.40. The van der Waals surface area contributed by atoms with Gasteiger partial charge in [-0.1, -0.05) is 23.8 Å². The maximum Gasteiger partial charge on any atom is 0.411 e. The predicted octanol–water partition coefficient (Wildman–Crippen LogP) is 3.90. The lowest BCUT2D eigenvalue weighted by Gasteiger charge is -2.25. The van der Waals surface area contributed by atoms with Crippen molar-refractivity contribution in [1.82, 2.24) is 5.32 Å². The zero-order chi connectivity index (χ0) is 17.1. The number of benzene rings is 2. The summed E-state index contributed by atoms with van der Waals surface area (Å²) in [5, 5.41) is 13.0. The number of anilines is 1. The quantitative estimate of drug-likeness (QED) is 0.895. The van der Waals surface area contributed by atoms with Gasteiger partial charge in [0.15, 0.2) is 0 Å². The Bertz CT molecular complexity index is 742. The van der Waals surface area contributed by atoms with Gasteiger partial charge in [-0.3, -0.25) is 4.90 Å². The van der Waals surface area contributed by atoms with Crippen LogP contribution in [0.15, 0.2) is 42.5 Å². The molecule has 2 aromatic carbocycles. The van der Waals surface area contributed by atoms with E-state index in [0.717, 1.165) is 30.6 Å². The highest BCUT2D eigenvalue weighted by Crippen LogP contribution is 2.33. The molecule has 1 fully saturated rings. The molecule has 1 atom stereocenters. The van der Waals surface area contributed by atoms with Gasteiger partial charge in [-0.25, -0.2) is 9.18 Å². The normalized spacial score (nSPS) is 17.0. The molecule has 1 saturated heterocycles. The highest BCUT2D eigenvalue weighted by atomic mass is 19.1. The zero-order valence-corrected chi connectivity index (χ0v) is 13.6. The number of hydrogen-bond donors (Lipinski definition) is 2. The molecular weight excluding hydrogens is 307 g/mol. The SMILES string of the molecule is Cc1ccc(N(CC2CCNC2)C(=O)O)c(-c2cccc(F)c2)c1. The third kappa shape index (κ3) is 3.57. The number of aryl methyl sites for hydroxylation is 1. The molecule has 126 valence electrons. The van der Waals surface area contributed by atoms with Gasteiger partial charge in [0.2, 0.25) is 0 Å². The van der Waals surface area contributed by atoms with Crippen LogP contribution in [-0.4, -0.2) is 30.8 Å². The summed E-state index contributed by atoms with van der Waals surface area (Å²) in [5.41, 5.74) is 3.03. The lowest BCUT2D eigenvalue weighted by atomic mass is 9.99. The number of nitrogens with zero attached hydrogens (tertiary/aromatic N) is 1. The van der Waals surface area contributed by atoms with Gasteiger partial charge in [0.05, 0.1) is 5.69 Å². The summed E-state index contributed by atoms with van der Waals surface area (Å²) in [4.78, 5) is 13.2. The Balaban J connectivity index is 2.02. The number of hydrogen-bond acceptors (Lipinski definition) is 2. The molecule has 4 nitrogen and oxygen atoms in total. The molecule has 1 aliphatic heterocycles. The van der Waals surface area contributed by atoms with Crippen molar-refractivity contribution in [1.29, 1.82) is 0 Å². The standard InChI is InChI=1S/C19H21FN2O2/c1-13-5-6-18(17(9-13)15-3-2-4-16(20)10-15)22(19(23)24)12-14-7-8-21-11-14/h2-6,9-10,14,21H,7-8,11-12H2,1H3,(H,23,24). The Labute approximate surface area is 140 Å². The van der Waals surface area contributed by atoms with Crippen LogP contribution >= 0.6 is 0 Å². The monoisotopic (exact) mass is 328 g/mol. The molecule has 1 amide bonds. The van der Waals surface area contributed by atoms with E-state index in [1.54, 1.807) is 12.1 Å². The summed E-state index contributed by atoms with van der Waals surface area (Å²) < 4.78 is 13.6. The highest BCUT2D eigenvalue weighted by Gasteiger charge is 2.24. The fraction of sp³-hybridized carbons (Fsp3) is 0.316. The predicted molar refractivity (Wildman–Crippen MR) is 92.9 cm³/mol. The van der Waals surface area contributed by atoms with Gasteiger partial charge in [0.25, 0.3) is 0 Å². The number of rotatable bonds is 4. The fourth-order valence-electron chi connectivity index (χ4n) is 3.18. The minimum Gasteiger partial charge on any atom is -0.465 e. The van der Waals surface area contributed by atoms with Gasteiger partial charge >= 0.3 is 6.09 Å². The lowest BCUT2D eigenvalue weighted by Crippen LogP contribution is -2.35. The van der Waals surface area contributed by atoms with E-state index < -0.39 is 6.09 Å². The van der Waals surface area contributed by atoms with Crippen molar-refractivity contribution in [2.45, 2.75) is 13.3 Å². The second-order valence-corrected chi connectivity index (χ2v) is 6.28. The van der Waals surface area contributed by atoms with Crippen molar-refractivity contribution in [3.05, 3.63) is 53.8 Å². The van der Waals surface area contributed by atoms with Gasteiger partial charge in [-0.05, 0) is 62.2 Å². The molecule has 0 spiro atoms. The Morgan fingerprint density at radius 1 is 1.33 bits per heavy atom. The summed E-state index contributed by atoms with van der Waals surface area (Å²) in [7, 11) is 0. The van der Waals surface area contributed by atoms with Gasteiger partial charge in [-0.15, -0.1) is 0 Å². The molecule has 0 aliphatic carbocycles. The summed E-state index contributed by atoms with van der Waals surface area (Å²) >= 11 is 0. The number of carboxylic acid groups (broad SMARTS) is 1. The summed E-state index contributed by atoms with van der Waals surface area (Å²) in [6.45, 7) is 4.13. The molecular formula is C19H21FN2O2. The second-order valence-electron chi connectivity index (χ2n) is 6.28. The zero-order valence-electron chi connectivity index (χ0n) is 13.6. The molecule has 0 radical (unpaired) electrons. The Kier molecular flexibility index (Phi) is 4.81. The topological polar surface area (TPSA) is 52.6 Å². The van der Waals surface area contributed by atoms with Gasteiger partial charge in [-0.2, -0.15) is 0 Å². The van der Waals surface area contributed by atoms with Crippen LogP contribution in [0, 0.1) is 18.7 Å². The Morgan fingerprint density at radius 2 is 2.17 bits per heavy atom. The first-order valence-electron chi connectivity index (χ1n) is 8.12. The number of amides is 1. The molecule has 0 saturated carbocycles. The van der Waals surface area contributed by atoms with Crippen LogP contribution in [0.4, 0.5) is 14.9 Å². The van der Waals surface area contributed by atoms with E-state index in [1.807, 2.05) is 25.1 Å². The molecule has 2 N–H and O–H groups in total. The van der Waals surface area contributed by atoms with E-state index in [9.17, 15) is 14.3 Å². The molecule has 3 rings (SSSR count). The highest BCUT2D eigenvalue weighted by molar-refractivity contribution is 5.93. The van der Waals surface area contributed by atoms with Crippen LogP contribution in [-0.2, 0) is 0 Å². The summed E-state index contributed by atoms with van der Waals surface area (Å²) in [6.07, 6.45) is -0.0197. The van der Waals surface area contributed by atoms with Crippen LogP contribution in [0.3, 0.4) is 0 Å². The number of halogens is 1. The summed E-state index contributed by atoms with van der Waals surface area (Å²) in [5.74, 6) is -0.0374. The molecule has 2 aromatic rings. The Morgan fingerprint density at radius 3 is 2.83 bits per heavy atom. The molecule has 1 heterocycles. The first kappa shape index (κ1) is 16.5. The van der Waals surface area contributed by atoms with Crippen molar-refractivity contribution in [3.8, 4) is 11.1 Å². The van der Waals surface area contributed by atoms with Crippen molar-refractivity contribution < 1.29 is 14.3 Å². The molecule has 5 heteroatoms. The third-order valence-electron chi connectivity index (χ3n) is 4.41. The van der Waals surface area contributed by atoms with E-state index in [2.05, 4.69) is 5.32 Å². The maximum absolute atomic E-state index is 13.6. The largest absolute Gasteiger partial charge is 0.465 e. The van der Waals surface area contributed by atoms with Crippen molar-refractivity contribution in [2.24, 2.45) is 5.92 Å². The maximum atomic E-state index is 13.6. The second kappa shape index (κ2) is 7.01. The van der Waals surface area contributed by atoms with Crippen LogP contribution in [0.2, 0.25) is 0 Å². The van der Waals surface area contributed by atoms with E-state index in [-0.39, 0.29) is 5.82 Å². The average Bonchev–Trinajstić information content (AvgIpc) is 3.06. The van der Waals surface area contributed by atoms with Crippen LogP contribution in [0.25, 0.3) is 11.1 Å². The van der Waals surface area contributed by atoms with Gasteiger partial charge in [0.1, 0.15) is 5.82 Å². The smallest absolute Gasteiger partial charge is 0.411 e. The number of carbonyl (C=O) groups is 1. The number of nitrogens with one attached hydrogen (secondary N) is 1. The molecule has 0 aromatic heterocycles. The van der Waals surface area contributed by atoms with Crippen molar-refractivity contribution in [2.75, 3.05) is 24.5 Å². The van der Waals surface area contributed by atoms with Crippen molar-refractivity contribution in [3.63, 3.8) is 0 Å². The van der Waals surface area contributed by atoms with Gasteiger partial charge < -0.3 is 10.4 Å². The first-order valence-corrected chi connectivity index (χ1v) is 8.12. The third-order valence-corrected chi connectivity index (χ3v) is 4.41. The van der Waals surface area contributed by atoms with Crippen LogP contribution in [0.1, 0.15) is 12.0 Å². The van der Waals surface area contributed by atoms with Crippen LogP contribution < -0.4 is 10.2 Å².